The van der Waals surface area contributed by atoms with Crippen LogP contribution < -0.4 is 26.1 Å². The Hall–Kier alpha value is -2.37. The number of carbonyl (C=O) groups is 1. The fraction of sp³-hybridized carbons (Fsp3) is 0.250. The lowest BCUT2D eigenvalue weighted by Gasteiger charge is -2.06. The molecule has 6 nitrogen and oxygen atoms in total. The Morgan fingerprint density at radius 2 is 2.17 bits per heavy atom. The molecule has 0 saturated carbocycles. The number of amides is 2. The third-order valence-electron chi connectivity index (χ3n) is 2.46. The van der Waals surface area contributed by atoms with Crippen molar-refractivity contribution in [3.8, 4) is 11.5 Å². The predicted molar refractivity (Wildman–Crippen MR) is 65.9 cm³/mol. The van der Waals surface area contributed by atoms with Crippen molar-refractivity contribution in [1.29, 1.82) is 0 Å². The number of urea groups is 1. The molecular weight excluding hydrogens is 234 g/mol. The summed E-state index contributed by atoms with van der Waals surface area (Å²) in [7, 11) is 0. The van der Waals surface area contributed by atoms with E-state index in [1.807, 2.05) is 31.2 Å². The standard InChI is InChI=1S/C12H15N3O3/c1-8(14-15-12(13)16)2-3-9-4-5-10-11(6-9)18-7-17-10/h2,4-6,14H,3,7H2,1H3,(H3,13,15,16)/b8-2-. The number of ether oxygens (including phenoxy) is 2. The number of hydrogen-bond acceptors (Lipinski definition) is 4. The molecule has 2 amide bonds. The molecule has 0 atom stereocenters. The minimum absolute atomic E-state index is 0.276. The first-order chi connectivity index (χ1) is 8.65. The lowest BCUT2D eigenvalue weighted by Crippen LogP contribution is -2.39. The molecule has 1 aromatic rings. The Morgan fingerprint density at radius 1 is 1.39 bits per heavy atom. The molecule has 0 saturated heterocycles. The fourth-order valence-corrected chi connectivity index (χ4v) is 1.55. The second kappa shape index (κ2) is 5.31. The smallest absolute Gasteiger partial charge is 0.330 e. The molecular formula is C12H15N3O3. The molecule has 0 bridgehead atoms. The van der Waals surface area contributed by atoms with E-state index < -0.39 is 6.03 Å². The fourth-order valence-electron chi connectivity index (χ4n) is 1.55. The largest absolute Gasteiger partial charge is 0.454 e. The quantitative estimate of drug-likeness (QED) is 0.696. The monoisotopic (exact) mass is 249 g/mol. The van der Waals surface area contributed by atoms with E-state index >= 15 is 0 Å². The number of nitrogens with one attached hydrogen (secondary N) is 2. The highest BCUT2D eigenvalue weighted by molar-refractivity contribution is 5.71. The number of hydrogen-bond donors (Lipinski definition) is 3. The van der Waals surface area contributed by atoms with Gasteiger partial charge in [-0.3, -0.25) is 5.43 Å². The zero-order valence-electron chi connectivity index (χ0n) is 10.0. The molecule has 0 aromatic heterocycles. The number of allylic oxidation sites excluding steroid dienone is 2. The van der Waals surface area contributed by atoms with Gasteiger partial charge in [-0.1, -0.05) is 12.1 Å². The SMILES string of the molecule is C/C(=C/Cc1ccc2c(c1)OCO2)NNC(N)=O. The molecule has 96 valence electrons. The van der Waals surface area contributed by atoms with Gasteiger partial charge in [0.15, 0.2) is 11.5 Å². The van der Waals surface area contributed by atoms with E-state index in [1.54, 1.807) is 0 Å². The van der Waals surface area contributed by atoms with E-state index in [-0.39, 0.29) is 6.79 Å². The molecule has 0 fully saturated rings. The molecule has 1 aliphatic rings. The molecule has 18 heavy (non-hydrogen) atoms. The minimum Gasteiger partial charge on any atom is -0.454 e. The van der Waals surface area contributed by atoms with Gasteiger partial charge in [0.1, 0.15) is 0 Å². The first kappa shape index (κ1) is 12.1. The number of nitrogens with two attached hydrogens (primary N) is 1. The summed E-state index contributed by atoms with van der Waals surface area (Å²) >= 11 is 0. The number of primary amides is 1. The summed E-state index contributed by atoms with van der Waals surface area (Å²) in [6.07, 6.45) is 2.66. The van der Waals surface area contributed by atoms with Gasteiger partial charge in [-0.25, -0.2) is 4.79 Å². The highest BCUT2D eigenvalue weighted by Gasteiger charge is 2.12. The van der Waals surface area contributed by atoms with E-state index in [0.717, 1.165) is 29.2 Å². The highest BCUT2D eigenvalue weighted by Crippen LogP contribution is 2.32. The van der Waals surface area contributed by atoms with E-state index in [0.29, 0.717) is 0 Å². The molecule has 1 heterocycles. The van der Waals surface area contributed by atoms with Gasteiger partial charge in [0.2, 0.25) is 6.79 Å². The zero-order valence-corrected chi connectivity index (χ0v) is 10.0. The van der Waals surface area contributed by atoms with Crippen LogP contribution in [0.25, 0.3) is 0 Å². The number of benzene rings is 1. The van der Waals surface area contributed by atoms with Crippen molar-refractivity contribution in [2.45, 2.75) is 13.3 Å². The van der Waals surface area contributed by atoms with Crippen LogP contribution in [0.3, 0.4) is 0 Å². The summed E-state index contributed by atoms with van der Waals surface area (Å²) in [5.41, 5.74) is 11.8. The Morgan fingerprint density at radius 3 is 2.94 bits per heavy atom. The van der Waals surface area contributed by atoms with Gasteiger partial charge in [-0.15, -0.1) is 0 Å². The summed E-state index contributed by atoms with van der Waals surface area (Å²) in [5.74, 6) is 1.54. The van der Waals surface area contributed by atoms with Gasteiger partial charge in [0, 0.05) is 5.70 Å². The maximum Gasteiger partial charge on any atom is 0.330 e. The van der Waals surface area contributed by atoms with Gasteiger partial charge in [-0.05, 0) is 31.0 Å². The molecule has 0 unspecified atom stereocenters. The maximum absolute atomic E-state index is 10.5. The topological polar surface area (TPSA) is 85.6 Å². The number of carbonyl (C=O) groups excluding carboxylic acids is 1. The van der Waals surface area contributed by atoms with Crippen molar-refractivity contribution in [2.24, 2.45) is 5.73 Å². The van der Waals surface area contributed by atoms with Crippen LogP contribution in [0.2, 0.25) is 0 Å². The third kappa shape index (κ3) is 3.07. The minimum atomic E-state index is -0.620. The van der Waals surface area contributed by atoms with Crippen LogP contribution >= 0.6 is 0 Å². The first-order valence-corrected chi connectivity index (χ1v) is 5.52. The Labute approximate surface area is 105 Å². The van der Waals surface area contributed by atoms with Crippen LogP contribution in [-0.2, 0) is 6.42 Å². The van der Waals surface area contributed by atoms with Gasteiger partial charge in [0.05, 0.1) is 0 Å². The summed E-state index contributed by atoms with van der Waals surface area (Å²) in [4.78, 5) is 10.5. The highest BCUT2D eigenvalue weighted by atomic mass is 16.7. The van der Waals surface area contributed by atoms with Crippen molar-refractivity contribution in [2.75, 3.05) is 6.79 Å². The Balaban J connectivity index is 1.93. The molecule has 1 aromatic carbocycles. The average Bonchev–Trinajstić information content (AvgIpc) is 2.81. The Bertz CT molecular complexity index is 485. The average molecular weight is 249 g/mol. The van der Waals surface area contributed by atoms with Crippen LogP contribution in [0.15, 0.2) is 30.0 Å². The van der Waals surface area contributed by atoms with E-state index in [1.165, 1.54) is 0 Å². The van der Waals surface area contributed by atoms with Crippen molar-refractivity contribution in [3.63, 3.8) is 0 Å². The van der Waals surface area contributed by atoms with Crippen molar-refractivity contribution in [1.82, 2.24) is 10.9 Å². The van der Waals surface area contributed by atoms with Crippen molar-refractivity contribution >= 4 is 6.03 Å². The zero-order chi connectivity index (χ0) is 13.0. The Kier molecular flexibility index (Phi) is 3.57. The van der Waals surface area contributed by atoms with Crippen LogP contribution in [0.5, 0.6) is 11.5 Å². The van der Waals surface area contributed by atoms with Crippen LogP contribution in [0.4, 0.5) is 4.79 Å². The third-order valence-corrected chi connectivity index (χ3v) is 2.46. The number of rotatable bonds is 4. The molecule has 1 aliphatic heterocycles. The van der Waals surface area contributed by atoms with Gasteiger partial charge >= 0.3 is 6.03 Å². The van der Waals surface area contributed by atoms with Crippen molar-refractivity contribution in [3.05, 3.63) is 35.5 Å². The second-order valence-electron chi connectivity index (χ2n) is 3.89. The van der Waals surface area contributed by atoms with Crippen molar-refractivity contribution < 1.29 is 14.3 Å². The molecule has 0 radical (unpaired) electrons. The lowest BCUT2D eigenvalue weighted by molar-refractivity contribution is 0.174. The lowest BCUT2D eigenvalue weighted by atomic mass is 10.1. The molecule has 0 aliphatic carbocycles. The second-order valence-corrected chi connectivity index (χ2v) is 3.89. The number of hydrazine groups is 1. The summed E-state index contributed by atoms with van der Waals surface area (Å²) in [5, 5.41) is 0. The maximum atomic E-state index is 10.5. The summed E-state index contributed by atoms with van der Waals surface area (Å²) < 4.78 is 10.5. The molecule has 2 rings (SSSR count). The van der Waals surface area contributed by atoms with Gasteiger partial charge in [-0.2, -0.15) is 0 Å². The predicted octanol–water partition coefficient (Wildman–Crippen LogP) is 1.03. The van der Waals surface area contributed by atoms with Crippen LogP contribution in [-0.4, -0.2) is 12.8 Å². The van der Waals surface area contributed by atoms with E-state index in [4.69, 9.17) is 15.2 Å². The van der Waals surface area contributed by atoms with E-state index in [2.05, 4.69) is 10.9 Å². The number of fused-ring (bicyclic) bond motifs is 1. The molecule has 4 N–H and O–H groups in total. The van der Waals surface area contributed by atoms with Crippen LogP contribution in [0, 0.1) is 0 Å². The summed E-state index contributed by atoms with van der Waals surface area (Å²) in [6, 6.07) is 5.17. The van der Waals surface area contributed by atoms with E-state index in [9.17, 15) is 4.79 Å². The molecule has 6 heteroatoms. The normalized spacial score (nSPS) is 13.3. The molecule has 0 spiro atoms. The van der Waals surface area contributed by atoms with Gasteiger partial charge < -0.3 is 20.6 Å². The van der Waals surface area contributed by atoms with Crippen LogP contribution in [0.1, 0.15) is 12.5 Å². The first-order valence-electron chi connectivity index (χ1n) is 5.52. The van der Waals surface area contributed by atoms with Gasteiger partial charge in [0.25, 0.3) is 0 Å². The summed E-state index contributed by atoms with van der Waals surface area (Å²) in [6.45, 7) is 2.11.